The normalized spacial score (nSPS) is 20.9. The van der Waals surface area contributed by atoms with Crippen LogP contribution in [0.3, 0.4) is 0 Å². The Kier molecular flexibility index (Phi) is 6.41. The molecular weight excluding hydrogens is 362 g/mol. The van der Waals surface area contributed by atoms with Gasteiger partial charge in [0.05, 0.1) is 44.4 Å². The number of H-pyrrole nitrogens is 1. The van der Waals surface area contributed by atoms with Crippen LogP contribution in [0.4, 0.5) is 0 Å². The molecule has 0 bridgehead atoms. The summed E-state index contributed by atoms with van der Waals surface area (Å²) < 4.78 is 23.2. The van der Waals surface area contributed by atoms with E-state index in [1.165, 1.54) is 6.33 Å². The van der Waals surface area contributed by atoms with Gasteiger partial charge < -0.3 is 29.2 Å². The Morgan fingerprint density at radius 3 is 2.93 bits per heavy atom. The molecule has 2 N–H and O–H groups in total. The summed E-state index contributed by atoms with van der Waals surface area (Å²) in [5.41, 5.74) is 0.365. The molecule has 8 heteroatoms. The summed E-state index contributed by atoms with van der Waals surface area (Å²) in [5, 5.41) is 3.79. The summed E-state index contributed by atoms with van der Waals surface area (Å²) in [5.74, 6) is 1.18. The van der Waals surface area contributed by atoms with E-state index in [1.807, 2.05) is 0 Å². The van der Waals surface area contributed by atoms with Crippen LogP contribution in [0.2, 0.25) is 0 Å². The van der Waals surface area contributed by atoms with Crippen LogP contribution in [-0.4, -0.2) is 61.7 Å². The molecule has 1 atom stereocenters. The van der Waals surface area contributed by atoms with E-state index in [2.05, 4.69) is 15.3 Å². The molecule has 152 valence electrons. The molecule has 1 aromatic carbocycles. The van der Waals surface area contributed by atoms with Crippen LogP contribution in [0, 0.1) is 0 Å². The van der Waals surface area contributed by atoms with Gasteiger partial charge in [0, 0.05) is 38.1 Å². The van der Waals surface area contributed by atoms with Gasteiger partial charge in [-0.05, 0) is 12.8 Å². The molecule has 28 heavy (non-hydrogen) atoms. The Morgan fingerprint density at radius 1 is 1.21 bits per heavy atom. The molecule has 2 saturated heterocycles. The molecule has 2 aromatic rings. The number of aromatic nitrogens is 2. The molecule has 0 spiro atoms. The third kappa shape index (κ3) is 4.81. The molecule has 8 nitrogen and oxygen atoms in total. The van der Waals surface area contributed by atoms with Crippen LogP contribution in [0.25, 0.3) is 10.9 Å². The fourth-order valence-electron chi connectivity index (χ4n) is 3.59. The Labute approximate surface area is 163 Å². The first-order valence-electron chi connectivity index (χ1n) is 10.0. The summed E-state index contributed by atoms with van der Waals surface area (Å²) in [6.45, 7) is 4.50. The highest BCUT2D eigenvalue weighted by molar-refractivity contribution is 5.85. The minimum absolute atomic E-state index is 0.0303. The van der Waals surface area contributed by atoms with Crippen LogP contribution < -0.4 is 20.3 Å². The molecular formula is C20H27N3O5. The second kappa shape index (κ2) is 9.36. The third-order valence-electron chi connectivity index (χ3n) is 5.09. The van der Waals surface area contributed by atoms with Crippen molar-refractivity contribution in [1.82, 2.24) is 15.3 Å². The largest absolute Gasteiger partial charge is 0.493 e. The van der Waals surface area contributed by atoms with Crippen LogP contribution in [0.5, 0.6) is 11.5 Å². The van der Waals surface area contributed by atoms with Crippen molar-refractivity contribution in [3.63, 3.8) is 0 Å². The Hall–Kier alpha value is -2.16. The number of aromatic amines is 1. The minimum Gasteiger partial charge on any atom is -0.493 e. The van der Waals surface area contributed by atoms with Gasteiger partial charge in [0.15, 0.2) is 0 Å². The average molecular weight is 389 g/mol. The van der Waals surface area contributed by atoms with Crippen molar-refractivity contribution in [3.8, 4) is 11.5 Å². The van der Waals surface area contributed by atoms with Crippen molar-refractivity contribution >= 4 is 10.9 Å². The molecule has 0 amide bonds. The van der Waals surface area contributed by atoms with E-state index in [0.29, 0.717) is 42.2 Å². The van der Waals surface area contributed by atoms with Crippen molar-refractivity contribution in [3.05, 3.63) is 28.8 Å². The number of morpholine rings is 1. The van der Waals surface area contributed by atoms with Gasteiger partial charge in [-0.25, -0.2) is 4.98 Å². The zero-order chi connectivity index (χ0) is 19.2. The highest BCUT2D eigenvalue weighted by Gasteiger charge is 2.19. The van der Waals surface area contributed by atoms with Gasteiger partial charge in [-0.2, -0.15) is 0 Å². The monoisotopic (exact) mass is 389 g/mol. The maximum Gasteiger partial charge on any atom is 0.262 e. The van der Waals surface area contributed by atoms with Gasteiger partial charge in [0.2, 0.25) is 0 Å². The predicted octanol–water partition coefficient (Wildman–Crippen LogP) is 1.63. The molecule has 1 aromatic heterocycles. The van der Waals surface area contributed by atoms with E-state index in [0.717, 1.165) is 45.4 Å². The number of rotatable bonds is 7. The highest BCUT2D eigenvalue weighted by Crippen LogP contribution is 2.30. The summed E-state index contributed by atoms with van der Waals surface area (Å²) in [4.78, 5) is 19.2. The van der Waals surface area contributed by atoms with Gasteiger partial charge in [0.25, 0.3) is 5.56 Å². The first-order chi connectivity index (χ1) is 13.8. The smallest absolute Gasteiger partial charge is 0.262 e. The first-order valence-corrected chi connectivity index (χ1v) is 10.0. The number of fused-ring (bicyclic) bond motifs is 1. The Bertz CT molecular complexity index is 828. The van der Waals surface area contributed by atoms with E-state index < -0.39 is 0 Å². The second-order valence-corrected chi connectivity index (χ2v) is 7.16. The molecule has 1 unspecified atom stereocenters. The minimum atomic E-state index is -0.208. The van der Waals surface area contributed by atoms with Gasteiger partial charge in [-0.15, -0.1) is 0 Å². The van der Waals surface area contributed by atoms with Crippen LogP contribution in [-0.2, 0) is 9.47 Å². The molecule has 0 saturated carbocycles. The van der Waals surface area contributed by atoms with Crippen LogP contribution >= 0.6 is 0 Å². The molecule has 0 radical (unpaired) electrons. The third-order valence-corrected chi connectivity index (χ3v) is 5.09. The Balaban J connectivity index is 1.44. The SMILES string of the molecule is O=c1[nH]cnc2cc(OCCCC3CNCCO3)cc(OC3CCOCC3)c12. The lowest BCUT2D eigenvalue weighted by Gasteiger charge is -2.24. The van der Waals surface area contributed by atoms with Crippen molar-refractivity contribution in [2.24, 2.45) is 0 Å². The maximum atomic E-state index is 12.3. The number of nitrogens with zero attached hydrogens (tertiary/aromatic N) is 1. The quantitative estimate of drug-likeness (QED) is 0.695. The molecule has 3 heterocycles. The lowest BCUT2D eigenvalue weighted by Crippen LogP contribution is -2.38. The van der Waals surface area contributed by atoms with Crippen LogP contribution in [0.1, 0.15) is 25.7 Å². The zero-order valence-electron chi connectivity index (χ0n) is 15.9. The molecule has 4 rings (SSSR count). The van der Waals surface area contributed by atoms with Crippen molar-refractivity contribution in [1.29, 1.82) is 0 Å². The number of nitrogens with one attached hydrogen (secondary N) is 2. The standard InChI is InChI=1S/C20H27N3O5/c24-20-19-17(22-13-23-20)10-16(11-18(19)28-14-3-7-25-8-4-14)26-6-1-2-15-12-21-5-9-27-15/h10-11,13-15,21H,1-9,12H2,(H,22,23,24). The summed E-state index contributed by atoms with van der Waals surface area (Å²) in [7, 11) is 0. The number of ether oxygens (including phenoxy) is 4. The highest BCUT2D eigenvalue weighted by atomic mass is 16.5. The van der Waals surface area contributed by atoms with Crippen molar-refractivity contribution in [2.75, 3.05) is 39.5 Å². The van der Waals surface area contributed by atoms with E-state index in [4.69, 9.17) is 18.9 Å². The maximum absolute atomic E-state index is 12.3. The van der Waals surface area contributed by atoms with Gasteiger partial charge >= 0.3 is 0 Å². The van der Waals surface area contributed by atoms with E-state index in [1.54, 1.807) is 12.1 Å². The summed E-state index contributed by atoms with van der Waals surface area (Å²) >= 11 is 0. The number of hydrogen-bond donors (Lipinski definition) is 2. The van der Waals surface area contributed by atoms with E-state index in [9.17, 15) is 4.79 Å². The van der Waals surface area contributed by atoms with Crippen molar-refractivity contribution in [2.45, 2.75) is 37.9 Å². The van der Waals surface area contributed by atoms with Gasteiger partial charge in [-0.1, -0.05) is 0 Å². The summed E-state index contributed by atoms with van der Waals surface area (Å²) in [6.07, 6.45) is 5.14. The molecule has 0 aliphatic carbocycles. The van der Waals surface area contributed by atoms with Gasteiger partial charge in [0.1, 0.15) is 23.0 Å². The fraction of sp³-hybridized carbons (Fsp3) is 0.600. The molecule has 2 aliphatic rings. The lowest BCUT2D eigenvalue weighted by atomic mass is 10.1. The second-order valence-electron chi connectivity index (χ2n) is 7.16. The summed E-state index contributed by atoms with van der Waals surface area (Å²) in [6, 6.07) is 3.59. The Morgan fingerprint density at radius 2 is 2.11 bits per heavy atom. The van der Waals surface area contributed by atoms with E-state index >= 15 is 0 Å². The van der Waals surface area contributed by atoms with Crippen molar-refractivity contribution < 1.29 is 18.9 Å². The lowest BCUT2D eigenvalue weighted by molar-refractivity contribution is 0.0203. The van der Waals surface area contributed by atoms with E-state index in [-0.39, 0.29) is 17.8 Å². The van der Waals surface area contributed by atoms with Crippen LogP contribution in [0.15, 0.2) is 23.3 Å². The van der Waals surface area contributed by atoms with Gasteiger partial charge in [-0.3, -0.25) is 4.79 Å². The molecule has 2 aliphatic heterocycles. The number of benzene rings is 1. The average Bonchev–Trinajstić information content (AvgIpc) is 2.73. The predicted molar refractivity (Wildman–Crippen MR) is 104 cm³/mol. The number of hydrogen-bond acceptors (Lipinski definition) is 7. The fourth-order valence-corrected chi connectivity index (χ4v) is 3.59. The molecule has 2 fully saturated rings. The topological polar surface area (TPSA) is 94.7 Å². The first kappa shape index (κ1) is 19.2. The zero-order valence-corrected chi connectivity index (χ0v) is 15.9.